The number of ether oxygens (including phenoxy) is 1. The number of amides is 1. The fraction of sp³-hybridized carbons (Fsp3) is 0.150. The van der Waals surface area contributed by atoms with Crippen LogP contribution < -0.4 is 15.8 Å². The smallest absolute Gasteiger partial charge is 0.256 e. The van der Waals surface area contributed by atoms with Crippen LogP contribution >= 0.6 is 11.6 Å². The second-order valence-electron chi connectivity index (χ2n) is 6.10. The van der Waals surface area contributed by atoms with Crippen LogP contribution in [0.2, 0.25) is 5.02 Å². The number of halogens is 1. The van der Waals surface area contributed by atoms with Gasteiger partial charge < -0.3 is 15.8 Å². The number of rotatable bonds is 5. The molecule has 27 heavy (non-hydrogen) atoms. The number of carbonyl (C=O) groups excluding carboxylic acids is 1. The van der Waals surface area contributed by atoms with Crippen molar-refractivity contribution >= 4 is 29.1 Å². The Hall–Kier alpha value is -3.12. The molecule has 0 saturated heterocycles. The molecule has 1 amide bonds. The Labute approximate surface area is 162 Å². The molecule has 3 aromatic rings. The van der Waals surface area contributed by atoms with Crippen molar-refractivity contribution in [3.8, 4) is 5.75 Å². The van der Waals surface area contributed by atoms with Crippen LogP contribution in [0.1, 0.15) is 34.5 Å². The molecule has 3 rings (SSSR count). The van der Waals surface area contributed by atoms with Gasteiger partial charge in [0.2, 0.25) is 0 Å². The zero-order valence-electron chi connectivity index (χ0n) is 14.9. The van der Waals surface area contributed by atoms with Gasteiger partial charge in [0.25, 0.3) is 5.91 Å². The zero-order chi connectivity index (χ0) is 19.4. The average molecular weight is 383 g/mol. The van der Waals surface area contributed by atoms with Crippen molar-refractivity contribution in [2.75, 3.05) is 11.1 Å². The van der Waals surface area contributed by atoms with Gasteiger partial charge in [-0.3, -0.25) is 4.79 Å². The van der Waals surface area contributed by atoms with E-state index in [-0.39, 0.29) is 17.8 Å². The molecule has 0 aliphatic rings. The summed E-state index contributed by atoms with van der Waals surface area (Å²) < 4.78 is 5.86. The standard InChI is InChI=1S/C20H19ClN4O2/c1-12-4-3-5-15(8-12)20(26)25-18-9-14(6-7-23-18)13(2)27-17-10-16(21)11-24-19(17)22/h3-11,13H,1-2H3,(H2,22,24)(H,23,25,26). The molecular weight excluding hydrogens is 364 g/mol. The molecule has 1 unspecified atom stereocenters. The molecule has 2 aromatic heterocycles. The molecule has 1 aromatic carbocycles. The topological polar surface area (TPSA) is 90.1 Å². The fourth-order valence-corrected chi connectivity index (χ4v) is 2.67. The summed E-state index contributed by atoms with van der Waals surface area (Å²) in [6, 6.07) is 12.5. The fourth-order valence-electron chi connectivity index (χ4n) is 2.53. The molecule has 6 nitrogen and oxygen atoms in total. The minimum Gasteiger partial charge on any atom is -0.482 e. The third-order valence-corrected chi connectivity index (χ3v) is 4.13. The summed E-state index contributed by atoms with van der Waals surface area (Å²) in [7, 11) is 0. The Morgan fingerprint density at radius 1 is 1.22 bits per heavy atom. The predicted molar refractivity (Wildman–Crippen MR) is 106 cm³/mol. The van der Waals surface area contributed by atoms with Gasteiger partial charge in [0, 0.05) is 24.0 Å². The van der Waals surface area contributed by atoms with E-state index in [1.807, 2.05) is 32.0 Å². The SMILES string of the molecule is Cc1cccc(C(=O)Nc2cc(C(C)Oc3cc(Cl)cnc3N)ccn2)c1. The van der Waals surface area contributed by atoms with E-state index in [0.717, 1.165) is 11.1 Å². The Morgan fingerprint density at radius 3 is 2.81 bits per heavy atom. The van der Waals surface area contributed by atoms with E-state index in [4.69, 9.17) is 22.1 Å². The van der Waals surface area contributed by atoms with Gasteiger partial charge >= 0.3 is 0 Å². The first-order chi connectivity index (χ1) is 12.9. The molecule has 138 valence electrons. The maximum absolute atomic E-state index is 12.4. The Morgan fingerprint density at radius 2 is 2.04 bits per heavy atom. The van der Waals surface area contributed by atoms with Gasteiger partial charge in [0.15, 0.2) is 11.6 Å². The van der Waals surface area contributed by atoms with E-state index >= 15 is 0 Å². The summed E-state index contributed by atoms with van der Waals surface area (Å²) >= 11 is 5.94. The molecule has 7 heteroatoms. The van der Waals surface area contributed by atoms with Crippen molar-refractivity contribution in [1.82, 2.24) is 9.97 Å². The van der Waals surface area contributed by atoms with E-state index in [0.29, 0.717) is 22.2 Å². The van der Waals surface area contributed by atoms with Crippen molar-refractivity contribution in [3.63, 3.8) is 0 Å². The molecular formula is C20H19ClN4O2. The Balaban J connectivity index is 1.74. The molecule has 2 heterocycles. The number of pyridine rings is 2. The van der Waals surface area contributed by atoms with E-state index in [1.54, 1.807) is 30.5 Å². The number of aromatic nitrogens is 2. The zero-order valence-corrected chi connectivity index (χ0v) is 15.7. The number of benzene rings is 1. The molecule has 0 bridgehead atoms. The third kappa shape index (κ3) is 4.74. The third-order valence-electron chi connectivity index (χ3n) is 3.93. The van der Waals surface area contributed by atoms with Crippen molar-refractivity contribution in [2.45, 2.75) is 20.0 Å². The van der Waals surface area contributed by atoms with Crippen LogP contribution in [0, 0.1) is 6.92 Å². The number of hydrogen-bond donors (Lipinski definition) is 2. The molecule has 3 N–H and O–H groups in total. The second kappa shape index (κ2) is 8.05. The lowest BCUT2D eigenvalue weighted by atomic mass is 10.1. The molecule has 0 fully saturated rings. The van der Waals surface area contributed by atoms with E-state index in [1.165, 1.54) is 6.20 Å². The van der Waals surface area contributed by atoms with Gasteiger partial charge in [-0.2, -0.15) is 0 Å². The first-order valence-corrected chi connectivity index (χ1v) is 8.72. The maximum atomic E-state index is 12.4. The van der Waals surface area contributed by atoms with Crippen LogP contribution in [0.15, 0.2) is 54.9 Å². The van der Waals surface area contributed by atoms with Crippen LogP contribution in [-0.2, 0) is 0 Å². The number of aryl methyl sites for hydroxylation is 1. The van der Waals surface area contributed by atoms with Gasteiger partial charge in [0.05, 0.1) is 5.02 Å². The molecule has 0 aliphatic heterocycles. The minimum absolute atomic E-state index is 0.222. The van der Waals surface area contributed by atoms with E-state index in [9.17, 15) is 4.79 Å². The average Bonchev–Trinajstić information content (AvgIpc) is 2.65. The molecule has 0 saturated carbocycles. The van der Waals surface area contributed by atoms with Gasteiger partial charge in [-0.25, -0.2) is 9.97 Å². The van der Waals surface area contributed by atoms with Crippen LogP contribution in [-0.4, -0.2) is 15.9 Å². The largest absolute Gasteiger partial charge is 0.482 e. The van der Waals surface area contributed by atoms with E-state index in [2.05, 4.69) is 15.3 Å². The highest BCUT2D eigenvalue weighted by atomic mass is 35.5. The summed E-state index contributed by atoms with van der Waals surface area (Å²) in [4.78, 5) is 20.6. The number of anilines is 2. The molecule has 0 aliphatic carbocycles. The number of nitrogens with zero attached hydrogens (tertiary/aromatic N) is 2. The van der Waals surface area contributed by atoms with Gasteiger partial charge in [-0.1, -0.05) is 29.3 Å². The highest BCUT2D eigenvalue weighted by Gasteiger charge is 2.13. The second-order valence-corrected chi connectivity index (χ2v) is 6.53. The van der Waals surface area contributed by atoms with Gasteiger partial charge in [0.1, 0.15) is 11.9 Å². The number of nitrogens with two attached hydrogens (primary N) is 1. The molecule has 0 radical (unpaired) electrons. The monoisotopic (exact) mass is 382 g/mol. The number of hydrogen-bond acceptors (Lipinski definition) is 5. The summed E-state index contributed by atoms with van der Waals surface area (Å²) in [6.45, 7) is 3.80. The van der Waals surface area contributed by atoms with Gasteiger partial charge in [-0.15, -0.1) is 0 Å². The number of nitrogen functional groups attached to an aromatic ring is 1. The predicted octanol–water partition coefficient (Wildman–Crippen LogP) is 4.41. The van der Waals surface area contributed by atoms with E-state index < -0.39 is 0 Å². The van der Waals surface area contributed by atoms with Crippen LogP contribution in [0.5, 0.6) is 5.75 Å². The number of nitrogens with one attached hydrogen (secondary N) is 1. The minimum atomic E-state index is -0.342. The quantitative estimate of drug-likeness (QED) is 0.682. The number of carbonyl (C=O) groups is 1. The first kappa shape index (κ1) is 18.7. The Bertz CT molecular complexity index is 978. The van der Waals surface area contributed by atoms with Gasteiger partial charge in [-0.05, 0) is 43.7 Å². The summed E-state index contributed by atoms with van der Waals surface area (Å²) in [5, 5.41) is 3.24. The van der Waals surface area contributed by atoms with Crippen molar-refractivity contribution in [3.05, 3.63) is 76.6 Å². The van der Waals surface area contributed by atoms with Crippen molar-refractivity contribution < 1.29 is 9.53 Å². The summed E-state index contributed by atoms with van der Waals surface area (Å²) in [5.74, 6) is 0.872. The summed E-state index contributed by atoms with van der Waals surface area (Å²) in [5.41, 5.74) is 8.23. The van der Waals surface area contributed by atoms with Crippen LogP contribution in [0.4, 0.5) is 11.6 Å². The van der Waals surface area contributed by atoms with Crippen molar-refractivity contribution in [2.24, 2.45) is 0 Å². The highest BCUT2D eigenvalue weighted by Crippen LogP contribution is 2.28. The summed E-state index contributed by atoms with van der Waals surface area (Å²) in [6.07, 6.45) is 2.73. The first-order valence-electron chi connectivity index (χ1n) is 8.34. The maximum Gasteiger partial charge on any atom is 0.256 e. The van der Waals surface area contributed by atoms with Crippen LogP contribution in [0.25, 0.3) is 0 Å². The lowest BCUT2D eigenvalue weighted by Crippen LogP contribution is -2.14. The normalized spacial score (nSPS) is 11.7. The lowest BCUT2D eigenvalue weighted by molar-refractivity contribution is 0.102. The molecule has 0 spiro atoms. The molecule has 1 atom stereocenters. The van der Waals surface area contributed by atoms with Crippen molar-refractivity contribution in [1.29, 1.82) is 0 Å². The van der Waals surface area contributed by atoms with Crippen LogP contribution in [0.3, 0.4) is 0 Å². The Kier molecular flexibility index (Phi) is 5.57. The highest BCUT2D eigenvalue weighted by molar-refractivity contribution is 6.30. The lowest BCUT2D eigenvalue weighted by Gasteiger charge is -2.17.